The Bertz CT molecular complexity index is 2870. The smallest absolute Gasteiger partial charge is 0.268 e. The molecule has 2 heterocycles. The second-order valence-corrected chi connectivity index (χ2v) is 13.3. The van der Waals surface area contributed by atoms with E-state index in [0.717, 1.165) is 27.5 Å². The predicted octanol–water partition coefficient (Wildman–Crippen LogP) is 9.85. The van der Waals surface area contributed by atoms with Crippen molar-refractivity contribution in [3.63, 3.8) is 0 Å². The lowest BCUT2D eigenvalue weighted by Gasteiger charge is -2.20. The van der Waals surface area contributed by atoms with Crippen LogP contribution in [0.3, 0.4) is 0 Å². The van der Waals surface area contributed by atoms with E-state index in [-0.39, 0.29) is 16.7 Å². The van der Waals surface area contributed by atoms with Crippen LogP contribution in [0.5, 0.6) is 0 Å². The van der Waals surface area contributed by atoms with Crippen molar-refractivity contribution in [2.45, 2.75) is 27.7 Å². The molecule has 0 bridgehead atoms. The number of para-hydroxylation sites is 2. The first-order chi connectivity index (χ1) is 26.0. The van der Waals surface area contributed by atoms with E-state index in [2.05, 4.69) is 24.8 Å². The number of rotatable bonds is 6. The molecule has 6 aromatic rings. The summed E-state index contributed by atoms with van der Waals surface area (Å²) >= 11 is 0. The van der Waals surface area contributed by atoms with E-state index in [0.29, 0.717) is 61.4 Å². The van der Waals surface area contributed by atoms with E-state index in [9.17, 15) is 30.6 Å². The molecule has 0 saturated carbocycles. The molecule has 0 unspecified atom stereocenters. The number of benzene rings is 5. The quantitative estimate of drug-likeness (QED) is 0.0964. The van der Waals surface area contributed by atoms with Gasteiger partial charge in [0, 0.05) is 27.5 Å². The van der Waals surface area contributed by atoms with Crippen LogP contribution in [-0.4, -0.2) is 16.4 Å². The normalized spacial score (nSPS) is 12.7. The Kier molecular flexibility index (Phi) is 8.60. The largest absolute Gasteiger partial charge is 0.307 e. The molecule has 0 atom stereocenters. The van der Waals surface area contributed by atoms with Gasteiger partial charge in [0.1, 0.15) is 0 Å². The lowest BCUT2D eigenvalue weighted by Crippen LogP contribution is -2.31. The molecule has 0 aliphatic carbocycles. The van der Waals surface area contributed by atoms with Gasteiger partial charge in [0.2, 0.25) is 0 Å². The van der Waals surface area contributed by atoms with Crippen molar-refractivity contribution in [3.8, 4) is 41.1 Å². The summed E-state index contributed by atoms with van der Waals surface area (Å²) in [4.78, 5) is 30.3. The minimum absolute atomic E-state index is 0.222. The molecule has 0 saturated heterocycles. The number of nitrogens with zero attached hydrogens (tertiary/aromatic N) is 6. The van der Waals surface area contributed by atoms with Gasteiger partial charge < -0.3 is 4.57 Å². The van der Waals surface area contributed by atoms with Crippen LogP contribution in [0, 0.1) is 66.1 Å². The van der Waals surface area contributed by atoms with Gasteiger partial charge in [-0.05, 0) is 92.4 Å². The Morgan fingerprint density at radius 2 is 1.31 bits per heavy atom. The van der Waals surface area contributed by atoms with Crippen LogP contribution in [0.15, 0.2) is 115 Å². The summed E-state index contributed by atoms with van der Waals surface area (Å²) in [6, 6.07) is 34.1. The minimum atomic E-state index is -0.466. The van der Waals surface area contributed by atoms with Crippen molar-refractivity contribution in [2.24, 2.45) is 0 Å². The molecule has 1 aromatic heterocycles. The number of hydrogen-bond donors (Lipinski definition) is 0. The second kappa shape index (κ2) is 13.4. The summed E-state index contributed by atoms with van der Waals surface area (Å²) < 4.78 is 1.95. The Hall–Kier alpha value is -7.78. The molecule has 2 amide bonds. The van der Waals surface area contributed by atoms with Crippen molar-refractivity contribution in [2.75, 3.05) is 4.90 Å². The van der Waals surface area contributed by atoms with Gasteiger partial charge in [-0.3, -0.25) is 9.59 Å². The van der Waals surface area contributed by atoms with Gasteiger partial charge in [-0.2, -0.15) is 21.0 Å². The van der Waals surface area contributed by atoms with Crippen molar-refractivity contribution < 1.29 is 9.59 Å². The minimum Gasteiger partial charge on any atom is -0.307 e. The van der Waals surface area contributed by atoms with E-state index in [1.807, 2.05) is 79.9 Å². The monoisotopic (exact) mass is 698 g/mol. The van der Waals surface area contributed by atoms with Gasteiger partial charge in [-0.15, -0.1) is 0 Å². The Labute approximate surface area is 312 Å². The van der Waals surface area contributed by atoms with Crippen LogP contribution < -0.4 is 4.90 Å². The molecule has 0 N–H and O–H groups in total. The van der Waals surface area contributed by atoms with Crippen LogP contribution in [0.25, 0.3) is 44.2 Å². The molecule has 8 nitrogen and oxygen atoms in total. The number of anilines is 1. The summed E-state index contributed by atoms with van der Waals surface area (Å²) in [5, 5.41) is 40.7. The number of carbonyl (C=O) groups is 2. The maximum absolute atomic E-state index is 14.8. The van der Waals surface area contributed by atoms with E-state index in [1.165, 1.54) is 17.0 Å². The molecule has 54 heavy (non-hydrogen) atoms. The number of aromatic nitrogens is 1. The maximum Gasteiger partial charge on any atom is 0.268 e. The molecule has 0 spiro atoms. The zero-order chi connectivity index (χ0) is 38.4. The highest BCUT2D eigenvalue weighted by atomic mass is 16.2. The van der Waals surface area contributed by atoms with E-state index >= 15 is 0 Å². The fourth-order valence-corrected chi connectivity index (χ4v) is 7.58. The molecule has 1 aliphatic rings. The number of aryl methyl sites for hydroxylation is 3. The van der Waals surface area contributed by atoms with Gasteiger partial charge in [0.05, 0.1) is 74.5 Å². The van der Waals surface area contributed by atoms with Crippen molar-refractivity contribution >= 4 is 44.9 Å². The van der Waals surface area contributed by atoms with Gasteiger partial charge in [-0.1, -0.05) is 66.7 Å². The predicted molar refractivity (Wildman–Crippen MR) is 210 cm³/mol. The molecular weight excluding hydrogens is 669 g/mol. The molecule has 256 valence electrons. The topological polar surface area (TPSA) is 137 Å². The first-order valence-corrected chi connectivity index (χ1v) is 17.0. The number of hydrogen-bond acceptors (Lipinski definition) is 6. The SMILES string of the molecule is C=C(/C=C(C#N)\C=C(/C)C#N)c1cccc2c3cccc(-c4cc(C#N)cc(C#N)c4)c3n(-c3cccc4c3C(=O)N(c3c(C)cc(C)cc3C)C4=O)c12. The molecular formula is C46H30N6O2. The number of imide groups is 1. The highest BCUT2D eigenvalue weighted by molar-refractivity contribution is 6.36. The zero-order valence-electron chi connectivity index (χ0n) is 29.9. The maximum atomic E-state index is 14.8. The lowest BCUT2D eigenvalue weighted by molar-refractivity contribution is 0.0925. The van der Waals surface area contributed by atoms with Crippen LogP contribution in [-0.2, 0) is 0 Å². The number of carbonyl (C=O) groups excluding carboxylic acids is 2. The third kappa shape index (κ3) is 5.53. The molecule has 0 fully saturated rings. The summed E-state index contributed by atoms with van der Waals surface area (Å²) in [7, 11) is 0. The Morgan fingerprint density at radius 1 is 0.704 bits per heavy atom. The first-order valence-electron chi connectivity index (χ1n) is 17.0. The number of allylic oxidation sites excluding steroid dienone is 5. The van der Waals surface area contributed by atoms with Crippen LogP contribution >= 0.6 is 0 Å². The van der Waals surface area contributed by atoms with E-state index in [4.69, 9.17) is 0 Å². The van der Waals surface area contributed by atoms with E-state index < -0.39 is 11.8 Å². The fourth-order valence-electron chi connectivity index (χ4n) is 7.58. The number of fused-ring (bicyclic) bond motifs is 4. The molecule has 0 radical (unpaired) electrons. The summed E-state index contributed by atoms with van der Waals surface area (Å²) in [5.74, 6) is -0.898. The Morgan fingerprint density at radius 3 is 1.94 bits per heavy atom. The summed E-state index contributed by atoms with van der Waals surface area (Å²) in [5.41, 5.74) is 9.06. The van der Waals surface area contributed by atoms with Gasteiger partial charge in [0.15, 0.2) is 0 Å². The highest BCUT2D eigenvalue weighted by Gasteiger charge is 2.41. The third-order valence-corrected chi connectivity index (χ3v) is 9.66. The number of amides is 2. The second-order valence-electron chi connectivity index (χ2n) is 13.3. The van der Waals surface area contributed by atoms with Crippen LogP contribution in [0.4, 0.5) is 5.69 Å². The van der Waals surface area contributed by atoms with Gasteiger partial charge in [-0.25, -0.2) is 4.90 Å². The fraction of sp³-hybridized carbons (Fsp3) is 0.0870. The molecule has 8 heteroatoms. The number of nitriles is 4. The van der Waals surface area contributed by atoms with Crippen molar-refractivity contribution in [3.05, 3.63) is 159 Å². The average Bonchev–Trinajstić information content (AvgIpc) is 3.64. The summed E-state index contributed by atoms with van der Waals surface area (Å²) in [6.07, 6.45) is 3.11. The van der Waals surface area contributed by atoms with Crippen LogP contribution in [0.2, 0.25) is 0 Å². The van der Waals surface area contributed by atoms with Gasteiger partial charge >= 0.3 is 0 Å². The van der Waals surface area contributed by atoms with Gasteiger partial charge in [0.25, 0.3) is 11.8 Å². The summed E-state index contributed by atoms with van der Waals surface area (Å²) in [6.45, 7) is 11.7. The molecule has 7 rings (SSSR count). The molecule has 1 aliphatic heterocycles. The Balaban J connectivity index is 1.61. The molecule has 5 aromatic carbocycles. The lowest BCUT2D eigenvalue weighted by atomic mass is 9.97. The van der Waals surface area contributed by atoms with Crippen LogP contribution in [0.1, 0.15) is 61.0 Å². The average molecular weight is 699 g/mol. The standard InChI is InChI=1S/C46H30N6O2/c1-26-15-29(4)42(30(5)16-26)52-45(53)39-13-8-14-40(41(39)46(52)54)51-43-35(28(3)18-31(23-48)17-27(2)22-47)9-6-11-37(43)38-12-7-10-36(44(38)51)34-20-32(24-49)19-33(21-34)25-50/h6-21H,3H2,1-2,4-5H3/b27-17+,31-18+. The third-order valence-electron chi connectivity index (χ3n) is 9.66. The first kappa shape index (κ1) is 34.7. The highest BCUT2D eigenvalue weighted by Crippen LogP contribution is 2.44. The zero-order valence-corrected chi connectivity index (χ0v) is 29.9. The van der Waals surface area contributed by atoms with Crippen molar-refractivity contribution in [1.29, 1.82) is 21.0 Å². The van der Waals surface area contributed by atoms with E-state index in [1.54, 1.807) is 43.3 Å². The van der Waals surface area contributed by atoms with Crippen molar-refractivity contribution in [1.82, 2.24) is 4.57 Å².